The molecule has 0 N–H and O–H groups in total. The van der Waals surface area contributed by atoms with Crippen LogP contribution in [0.1, 0.15) is 30.6 Å². The highest BCUT2D eigenvalue weighted by Gasteiger charge is 2.22. The zero-order valence-corrected chi connectivity index (χ0v) is 11.6. The highest BCUT2D eigenvalue weighted by molar-refractivity contribution is 6.33. The van der Waals surface area contributed by atoms with Crippen molar-refractivity contribution < 1.29 is 4.79 Å². The van der Waals surface area contributed by atoms with E-state index < -0.39 is 6.04 Å². The number of benzene rings is 1. The molecule has 0 aliphatic carbocycles. The Labute approximate surface area is 113 Å². The van der Waals surface area contributed by atoms with E-state index in [0.29, 0.717) is 22.9 Å². The molecule has 0 saturated carbocycles. The second kappa shape index (κ2) is 6.42. The molecule has 1 atom stereocenters. The van der Waals surface area contributed by atoms with Gasteiger partial charge >= 0.3 is 0 Å². The highest BCUT2D eigenvalue weighted by atomic mass is 35.5. The molecule has 0 aliphatic heterocycles. The molecular weight excluding hydrogens is 248 g/mol. The molecule has 1 unspecified atom stereocenters. The minimum Gasteiger partial charge on any atom is -0.326 e. The molecule has 0 aromatic heterocycles. The lowest BCUT2D eigenvalue weighted by atomic mass is 10.0. The number of carbonyl (C=O) groups excluding carboxylic acids is 1. The van der Waals surface area contributed by atoms with E-state index in [9.17, 15) is 4.79 Å². The number of rotatable bonds is 4. The summed E-state index contributed by atoms with van der Waals surface area (Å²) in [4.78, 5) is 13.7. The fourth-order valence-corrected chi connectivity index (χ4v) is 1.93. The molecule has 0 fully saturated rings. The maximum Gasteiger partial charge on any atom is 0.256 e. The third-order valence-corrected chi connectivity index (χ3v) is 3.07. The normalized spacial score (nSPS) is 12.0. The summed E-state index contributed by atoms with van der Waals surface area (Å²) in [7, 11) is 1.64. The van der Waals surface area contributed by atoms with E-state index in [1.165, 1.54) is 4.90 Å². The van der Waals surface area contributed by atoms with Crippen molar-refractivity contribution in [1.82, 2.24) is 4.90 Å². The largest absolute Gasteiger partial charge is 0.326 e. The Morgan fingerprint density at radius 3 is 2.56 bits per heavy atom. The van der Waals surface area contributed by atoms with Crippen molar-refractivity contribution in [3.8, 4) is 6.07 Å². The van der Waals surface area contributed by atoms with Gasteiger partial charge < -0.3 is 4.90 Å². The highest BCUT2D eigenvalue weighted by Crippen LogP contribution is 2.19. The summed E-state index contributed by atoms with van der Waals surface area (Å²) < 4.78 is 0. The van der Waals surface area contributed by atoms with Gasteiger partial charge in [-0.15, -0.1) is 0 Å². The molecule has 1 rings (SSSR count). The van der Waals surface area contributed by atoms with E-state index in [1.54, 1.807) is 31.3 Å². The number of hydrogen-bond donors (Lipinski definition) is 0. The van der Waals surface area contributed by atoms with Gasteiger partial charge in [-0.3, -0.25) is 4.79 Å². The van der Waals surface area contributed by atoms with Crippen LogP contribution in [0.15, 0.2) is 24.3 Å². The number of hydrogen-bond acceptors (Lipinski definition) is 2. The first kappa shape index (κ1) is 14.5. The van der Waals surface area contributed by atoms with Crippen LogP contribution in [0.5, 0.6) is 0 Å². The average molecular weight is 265 g/mol. The molecule has 1 aromatic rings. The van der Waals surface area contributed by atoms with Crippen molar-refractivity contribution in [1.29, 1.82) is 5.26 Å². The monoisotopic (exact) mass is 264 g/mol. The van der Waals surface area contributed by atoms with Gasteiger partial charge in [0.1, 0.15) is 6.04 Å². The SMILES string of the molecule is CC(C)CC(C#N)N(C)C(=O)c1ccccc1Cl. The number of amides is 1. The molecule has 1 amide bonds. The number of halogens is 1. The van der Waals surface area contributed by atoms with Crippen LogP contribution in [0.3, 0.4) is 0 Å². The van der Waals surface area contributed by atoms with Crippen molar-refractivity contribution >= 4 is 17.5 Å². The van der Waals surface area contributed by atoms with Crippen molar-refractivity contribution in [2.45, 2.75) is 26.3 Å². The lowest BCUT2D eigenvalue weighted by Crippen LogP contribution is -2.37. The number of carbonyl (C=O) groups is 1. The summed E-state index contributed by atoms with van der Waals surface area (Å²) in [6.07, 6.45) is 0.656. The summed E-state index contributed by atoms with van der Waals surface area (Å²) in [5.41, 5.74) is 0.436. The second-order valence-corrected chi connectivity index (χ2v) is 5.08. The Hall–Kier alpha value is -1.53. The van der Waals surface area contributed by atoms with Gasteiger partial charge in [0.05, 0.1) is 16.7 Å². The smallest absolute Gasteiger partial charge is 0.256 e. The predicted octanol–water partition coefficient (Wildman–Crippen LogP) is 3.35. The standard InChI is InChI=1S/C14H17ClN2O/c1-10(2)8-11(9-16)17(3)14(18)12-6-4-5-7-13(12)15/h4-7,10-11H,8H2,1-3H3. The molecule has 0 spiro atoms. The second-order valence-electron chi connectivity index (χ2n) is 4.67. The first-order chi connectivity index (χ1) is 8.47. The Balaban J connectivity index is 2.90. The van der Waals surface area contributed by atoms with Crippen molar-refractivity contribution in [2.75, 3.05) is 7.05 Å². The van der Waals surface area contributed by atoms with Gasteiger partial charge in [-0.05, 0) is 24.5 Å². The fraction of sp³-hybridized carbons (Fsp3) is 0.429. The average Bonchev–Trinajstić information content (AvgIpc) is 2.34. The number of nitriles is 1. The van der Waals surface area contributed by atoms with Crippen LogP contribution in [-0.2, 0) is 0 Å². The summed E-state index contributed by atoms with van der Waals surface area (Å²) in [5.74, 6) is 0.143. The van der Waals surface area contributed by atoms with Gasteiger partial charge in [-0.25, -0.2) is 0 Å². The van der Waals surface area contributed by atoms with Gasteiger partial charge in [0.25, 0.3) is 5.91 Å². The van der Waals surface area contributed by atoms with Crippen LogP contribution in [0.25, 0.3) is 0 Å². The molecule has 18 heavy (non-hydrogen) atoms. The summed E-state index contributed by atoms with van der Waals surface area (Å²) in [5, 5.41) is 9.55. The quantitative estimate of drug-likeness (QED) is 0.837. The predicted molar refractivity (Wildman–Crippen MR) is 72.4 cm³/mol. The molecular formula is C14H17ClN2O. The summed E-state index contributed by atoms with van der Waals surface area (Å²) >= 11 is 5.99. The minimum absolute atomic E-state index is 0.215. The van der Waals surface area contributed by atoms with Crippen molar-refractivity contribution in [3.05, 3.63) is 34.9 Å². The van der Waals surface area contributed by atoms with Gasteiger partial charge in [0, 0.05) is 7.05 Å². The van der Waals surface area contributed by atoms with Crippen LogP contribution < -0.4 is 0 Å². The number of nitrogens with zero attached hydrogens (tertiary/aromatic N) is 2. The first-order valence-electron chi connectivity index (χ1n) is 5.88. The van der Waals surface area contributed by atoms with Crippen LogP contribution >= 0.6 is 11.6 Å². The first-order valence-corrected chi connectivity index (χ1v) is 6.26. The third kappa shape index (κ3) is 3.48. The maximum atomic E-state index is 12.2. The van der Waals surface area contributed by atoms with E-state index in [4.69, 9.17) is 16.9 Å². The Bertz CT molecular complexity index is 465. The fourth-order valence-electron chi connectivity index (χ4n) is 1.71. The van der Waals surface area contributed by atoms with Crippen LogP contribution in [-0.4, -0.2) is 23.9 Å². The zero-order valence-electron chi connectivity index (χ0n) is 10.9. The van der Waals surface area contributed by atoms with Crippen molar-refractivity contribution in [2.24, 2.45) is 5.92 Å². The molecule has 0 bridgehead atoms. The van der Waals surface area contributed by atoms with E-state index in [2.05, 4.69) is 6.07 Å². The topological polar surface area (TPSA) is 44.1 Å². The van der Waals surface area contributed by atoms with Crippen molar-refractivity contribution in [3.63, 3.8) is 0 Å². The Kier molecular flexibility index (Phi) is 5.18. The molecule has 0 saturated heterocycles. The van der Waals surface area contributed by atoms with E-state index in [1.807, 2.05) is 13.8 Å². The molecule has 4 heteroatoms. The molecule has 0 aliphatic rings. The molecule has 96 valence electrons. The Morgan fingerprint density at radius 2 is 2.06 bits per heavy atom. The van der Waals surface area contributed by atoms with Gasteiger partial charge in [0.15, 0.2) is 0 Å². The summed E-state index contributed by atoms with van der Waals surface area (Å²) in [6.45, 7) is 4.05. The molecule has 0 heterocycles. The Morgan fingerprint density at radius 1 is 1.44 bits per heavy atom. The van der Waals surface area contributed by atoms with E-state index in [-0.39, 0.29) is 5.91 Å². The van der Waals surface area contributed by atoms with Gasteiger partial charge in [0.2, 0.25) is 0 Å². The lowest BCUT2D eigenvalue weighted by Gasteiger charge is -2.24. The third-order valence-electron chi connectivity index (χ3n) is 2.74. The minimum atomic E-state index is -0.422. The molecule has 3 nitrogen and oxygen atoms in total. The van der Waals surface area contributed by atoms with Crippen LogP contribution in [0.2, 0.25) is 5.02 Å². The van der Waals surface area contributed by atoms with Gasteiger partial charge in [-0.1, -0.05) is 37.6 Å². The maximum absolute atomic E-state index is 12.2. The van der Waals surface area contributed by atoms with Gasteiger partial charge in [-0.2, -0.15) is 5.26 Å². The van der Waals surface area contributed by atoms with E-state index >= 15 is 0 Å². The zero-order chi connectivity index (χ0) is 13.7. The lowest BCUT2D eigenvalue weighted by molar-refractivity contribution is 0.0752. The summed E-state index contributed by atoms with van der Waals surface area (Å²) in [6, 6.07) is 8.62. The molecule has 1 aromatic carbocycles. The van der Waals surface area contributed by atoms with Crippen LogP contribution in [0.4, 0.5) is 0 Å². The van der Waals surface area contributed by atoms with Crippen LogP contribution in [0, 0.1) is 17.2 Å². The van der Waals surface area contributed by atoms with E-state index in [0.717, 1.165) is 0 Å². The molecule has 0 radical (unpaired) electrons.